The van der Waals surface area contributed by atoms with Gasteiger partial charge in [0.15, 0.2) is 0 Å². The largest absolute Gasteiger partial charge is 0.478 e. The summed E-state index contributed by atoms with van der Waals surface area (Å²) < 4.78 is 1.20. The van der Waals surface area contributed by atoms with Crippen molar-refractivity contribution in [3.8, 4) is 5.69 Å². The van der Waals surface area contributed by atoms with Crippen LogP contribution in [0.3, 0.4) is 0 Å². The number of nitro benzene ring substituents is 1. The molecule has 0 atom stereocenters. The highest BCUT2D eigenvalue weighted by Crippen LogP contribution is 2.23. The Kier molecular flexibility index (Phi) is 2.53. The second kappa shape index (κ2) is 4.00. The Morgan fingerprint density at radius 2 is 2.24 bits per heavy atom. The molecule has 17 heavy (non-hydrogen) atoms. The molecule has 1 N–H and O–H groups in total. The van der Waals surface area contributed by atoms with E-state index < -0.39 is 10.9 Å². The van der Waals surface area contributed by atoms with E-state index in [0.29, 0.717) is 0 Å². The average Bonchev–Trinajstić information content (AvgIpc) is 2.81. The van der Waals surface area contributed by atoms with Gasteiger partial charge in [-0.2, -0.15) is 5.10 Å². The molecule has 0 saturated carbocycles. The van der Waals surface area contributed by atoms with Crippen molar-refractivity contribution >= 4 is 11.7 Å². The molecule has 1 aromatic carbocycles. The molecule has 0 fully saturated rings. The van der Waals surface area contributed by atoms with Crippen LogP contribution in [0.2, 0.25) is 0 Å². The lowest BCUT2D eigenvalue weighted by atomic mass is 10.2. The maximum absolute atomic E-state index is 10.8. The van der Waals surface area contributed by atoms with Crippen LogP contribution < -0.4 is 0 Å². The van der Waals surface area contributed by atoms with E-state index in [9.17, 15) is 14.9 Å². The lowest BCUT2D eigenvalue weighted by Gasteiger charge is -2.02. The van der Waals surface area contributed by atoms with Crippen LogP contribution in [0.4, 0.5) is 5.69 Å². The van der Waals surface area contributed by atoms with Crippen LogP contribution in [0.5, 0.6) is 0 Å². The van der Waals surface area contributed by atoms with Crippen molar-refractivity contribution in [2.75, 3.05) is 0 Å². The van der Waals surface area contributed by atoms with E-state index in [1.807, 2.05) is 0 Å². The Hall–Kier alpha value is -2.77. The third-order valence-electron chi connectivity index (χ3n) is 2.08. The van der Waals surface area contributed by atoms with Crippen LogP contribution in [0.25, 0.3) is 5.69 Å². The number of benzene rings is 1. The molecule has 0 unspecified atom stereocenters. The van der Waals surface area contributed by atoms with E-state index in [0.717, 1.165) is 6.07 Å². The van der Waals surface area contributed by atoms with Gasteiger partial charge >= 0.3 is 5.97 Å². The second-order valence-corrected chi connectivity index (χ2v) is 3.11. The smallest absolute Gasteiger partial charge is 0.335 e. The van der Waals surface area contributed by atoms with Crippen LogP contribution >= 0.6 is 0 Å². The van der Waals surface area contributed by atoms with Crippen LogP contribution in [-0.4, -0.2) is 30.8 Å². The standard InChI is InChI=1S/C9H6N4O4/c14-9(15)6-1-2-7(8(3-6)13(16)17)12-5-10-4-11-12/h1-5H,(H,14,15). The number of nitro groups is 1. The van der Waals surface area contributed by atoms with Gasteiger partial charge in [0.1, 0.15) is 18.3 Å². The molecular formula is C9H6N4O4. The number of carbonyl (C=O) groups is 1. The maximum Gasteiger partial charge on any atom is 0.335 e. The molecule has 0 aliphatic rings. The van der Waals surface area contributed by atoms with E-state index in [-0.39, 0.29) is 16.9 Å². The predicted molar refractivity (Wildman–Crippen MR) is 55.0 cm³/mol. The Labute approximate surface area is 94.3 Å². The summed E-state index contributed by atoms with van der Waals surface area (Å²) >= 11 is 0. The second-order valence-electron chi connectivity index (χ2n) is 3.11. The zero-order valence-corrected chi connectivity index (χ0v) is 8.35. The molecule has 2 aromatic rings. The Morgan fingerprint density at radius 3 is 2.76 bits per heavy atom. The van der Waals surface area contributed by atoms with E-state index in [1.54, 1.807) is 0 Å². The zero-order valence-electron chi connectivity index (χ0n) is 8.35. The molecule has 0 saturated heterocycles. The topological polar surface area (TPSA) is 111 Å². The van der Waals surface area contributed by atoms with Crippen LogP contribution in [0, 0.1) is 10.1 Å². The molecule has 1 heterocycles. The van der Waals surface area contributed by atoms with Crippen LogP contribution in [0.15, 0.2) is 30.9 Å². The minimum atomic E-state index is -1.22. The van der Waals surface area contributed by atoms with Crippen molar-refractivity contribution in [3.05, 3.63) is 46.5 Å². The van der Waals surface area contributed by atoms with Crippen molar-refractivity contribution < 1.29 is 14.8 Å². The summed E-state index contributed by atoms with van der Waals surface area (Å²) in [5.41, 5.74) is -0.325. The number of aromatic carboxylic acids is 1. The molecule has 0 aliphatic heterocycles. The molecule has 86 valence electrons. The van der Waals surface area contributed by atoms with Gasteiger partial charge in [0, 0.05) is 6.07 Å². The lowest BCUT2D eigenvalue weighted by molar-refractivity contribution is -0.384. The van der Waals surface area contributed by atoms with Gasteiger partial charge in [-0.3, -0.25) is 10.1 Å². The summed E-state index contributed by atoms with van der Waals surface area (Å²) in [6.45, 7) is 0. The Bertz CT molecular complexity index is 579. The fraction of sp³-hybridized carbons (Fsp3) is 0. The van der Waals surface area contributed by atoms with Gasteiger partial charge in [-0.1, -0.05) is 0 Å². The summed E-state index contributed by atoms with van der Waals surface area (Å²) in [6, 6.07) is 3.57. The monoisotopic (exact) mass is 234 g/mol. The molecule has 0 radical (unpaired) electrons. The molecule has 2 rings (SSSR count). The van der Waals surface area contributed by atoms with Crippen LogP contribution in [-0.2, 0) is 0 Å². The molecule has 1 aromatic heterocycles. The fourth-order valence-corrected chi connectivity index (χ4v) is 1.33. The number of carboxylic acid groups (broad SMARTS) is 1. The predicted octanol–water partition coefficient (Wildman–Crippen LogP) is 0.874. The Balaban J connectivity index is 2.61. The molecule has 0 amide bonds. The van der Waals surface area contributed by atoms with E-state index >= 15 is 0 Å². The number of nitrogens with zero attached hydrogens (tertiary/aromatic N) is 4. The number of rotatable bonds is 3. The minimum absolute atomic E-state index is 0.152. The first-order valence-corrected chi connectivity index (χ1v) is 4.46. The molecule has 0 spiro atoms. The van der Waals surface area contributed by atoms with Gasteiger partial charge in [0.25, 0.3) is 5.69 Å². The first-order valence-electron chi connectivity index (χ1n) is 4.46. The summed E-state index contributed by atoms with van der Waals surface area (Å²) in [5.74, 6) is -1.22. The van der Waals surface area contributed by atoms with Crippen LogP contribution in [0.1, 0.15) is 10.4 Å². The van der Waals surface area contributed by atoms with Crippen molar-refractivity contribution in [1.29, 1.82) is 0 Å². The van der Waals surface area contributed by atoms with E-state index in [4.69, 9.17) is 5.11 Å². The van der Waals surface area contributed by atoms with Crippen molar-refractivity contribution in [3.63, 3.8) is 0 Å². The molecule has 0 bridgehead atoms. The van der Waals surface area contributed by atoms with Crippen molar-refractivity contribution in [1.82, 2.24) is 14.8 Å². The highest BCUT2D eigenvalue weighted by Gasteiger charge is 2.18. The zero-order chi connectivity index (χ0) is 12.4. The van der Waals surface area contributed by atoms with Gasteiger partial charge < -0.3 is 5.11 Å². The van der Waals surface area contributed by atoms with Gasteiger partial charge in [-0.05, 0) is 12.1 Å². The fourth-order valence-electron chi connectivity index (χ4n) is 1.33. The summed E-state index contributed by atoms with van der Waals surface area (Å²) in [5, 5.41) is 23.4. The quantitative estimate of drug-likeness (QED) is 0.623. The highest BCUT2D eigenvalue weighted by atomic mass is 16.6. The van der Waals surface area contributed by atoms with Crippen molar-refractivity contribution in [2.24, 2.45) is 0 Å². The third kappa shape index (κ3) is 1.95. The average molecular weight is 234 g/mol. The number of carboxylic acids is 1. The maximum atomic E-state index is 10.8. The first kappa shape index (κ1) is 10.7. The summed E-state index contributed by atoms with van der Waals surface area (Å²) in [4.78, 5) is 24.6. The SMILES string of the molecule is O=C(O)c1ccc(-n2cncn2)c([N+](=O)[O-])c1. The minimum Gasteiger partial charge on any atom is -0.478 e. The molecule has 8 heteroatoms. The number of hydrogen-bond acceptors (Lipinski definition) is 5. The van der Waals surface area contributed by atoms with E-state index in [2.05, 4.69) is 10.1 Å². The summed E-state index contributed by atoms with van der Waals surface area (Å²) in [7, 11) is 0. The molecular weight excluding hydrogens is 228 g/mol. The number of aromatic nitrogens is 3. The van der Waals surface area contributed by atoms with E-state index in [1.165, 1.54) is 29.5 Å². The molecule has 8 nitrogen and oxygen atoms in total. The third-order valence-corrected chi connectivity index (χ3v) is 2.08. The van der Waals surface area contributed by atoms with Gasteiger partial charge in [-0.25, -0.2) is 14.5 Å². The summed E-state index contributed by atoms with van der Waals surface area (Å²) in [6.07, 6.45) is 2.53. The van der Waals surface area contributed by atoms with Gasteiger partial charge in [0.2, 0.25) is 0 Å². The van der Waals surface area contributed by atoms with Gasteiger partial charge in [-0.15, -0.1) is 0 Å². The van der Waals surface area contributed by atoms with Crippen molar-refractivity contribution in [2.45, 2.75) is 0 Å². The van der Waals surface area contributed by atoms with Gasteiger partial charge in [0.05, 0.1) is 10.5 Å². The number of hydrogen-bond donors (Lipinski definition) is 1. The first-order chi connectivity index (χ1) is 8.09. The normalized spacial score (nSPS) is 10.1. The Morgan fingerprint density at radius 1 is 1.47 bits per heavy atom. The molecule has 0 aliphatic carbocycles. The lowest BCUT2D eigenvalue weighted by Crippen LogP contribution is -2.04. The highest BCUT2D eigenvalue weighted by molar-refractivity contribution is 5.89.